The number of unbranched alkanes of at least 4 members (excludes halogenated alkanes) is 4. The van der Waals surface area contributed by atoms with E-state index >= 15 is 0 Å². The van der Waals surface area contributed by atoms with Crippen molar-refractivity contribution in [2.45, 2.75) is 71.6 Å². The number of hydrogen-bond donors (Lipinski definition) is 0. The Kier molecular flexibility index (Phi) is 6.52. The van der Waals surface area contributed by atoms with E-state index < -0.39 is 0 Å². The van der Waals surface area contributed by atoms with E-state index in [4.69, 9.17) is 0 Å². The third-order valence-corrected chi connectivity index (χ3v) is 3.42. The molecule has 1 fully saturated rings. The molecular formula is C15H26. The molecule has 1 saturated carbocycles. The molecule has 0 bridgehead atoms. The number of hydrogen-bond acceptors (Lipinski definition) is 0. The van der Waals surface area contributed by atoms with Gasteiger partial charge >= 0.3 is 0 Å². The molecule has 0 amide bonds. The molecule has 1 aliphatic rings. The molecule has 1 rings (SSSR count). The topological polar surface area (TPSA) is 0 Å². The van der Waals surface area contributed by atoms with Gasteiger partial charge < -0.3 is 0 Å². The van der Waals surface area contributed by atoms with Gasteiger partial charge in [-0.2, -0.15) is 0 Å². The Morgan fingerprint density at radius 1 is 1.27 bits per heavy atom. The van der Waals surface area contributed by atoms with Crippen LogP contribution in [-0.4, -0.2) is 0 Å². The summed E-state index contributed by atoms with van der Waals surface area (Å²) >= 11 is 0. The van der Waals surface area contributed by atoms with Crippen LogP contribution in [0.5, 0.6) is 0 Å². The predicted molar refractivity (Wildman–Crippen MR) is 68.0 cm³/mol. The first kappa shape index (κ1) is 12.6. The minimum absolute atomic E-state index is 0.797. The predicted octanol–water partition coefficient (Wildman–Crippen LogP) is 5.25. The second-order valence-corrected chi connectivity index (χ2v) is 4.87. The first-order valence-electron chi connectivity index (χ1n) is 6.78. The van der Waals surface area contributed by atoms with Crippen LogP contribution in [0.2, 0.25) is 0 Å². The van der Waals surface area contributed by atoms with Gasteiger partial charge in [0, 0.05) is 0 Å². The van der Waals surface area contributed by atoms with Gasteiger partial charge in [0.15, 0.2) is 0 Å². The summed E-state index contributed by atoms with van der Waals surface area (Å²) in [7, 11) is 0. The standard InChI is InChI=1S/C15H26/c1-3-4-5-6-7-8-12-15-13-10-9-11-14(15)2/h8,14H,3-7,9-11,13H2,1-2H3/t12?,14-/m0/s1. The summed E-state index contributed by atoms with van der Waals surface area (Å²) in [4.78, 5) is 0. The van der Waals surface area contributed by atoms with Gasteiger partial charge in [0.25, 0.3) is 0 Å². The zero-order chi connectivity index (χ0) is 10.9. The van der Waals surface area contributed by atoms with E-state index in [0.717, 1.165) is 5.92 Å². The highest BCUT2D eigenvalue weighted by Crippen LogP contribution is 2.27. The fraction of sp³-hybridized carbons (Fsp3) is 0.800. The molecule has 1 atom stereocenters. The molecular weight excluding hydrogens is 180 g/mol. The largest absolute Gasteiger partial charge is 0.126 e. The van der Waals surface area contributed by atoms with Crippen LogP contribution in [0.1, 0.15) is 71.6 Å². The molecule has 0 N–H and O–H groups in total. The van der Waals surface area contributed by atoms with Crippen LogP contribution in [-0.2, 0) is 0 Å². The Morgan fingerprint density at radius 3 is 2.87 bits per heavy atom. The van der Waals surface area contributed by atoms with E-state index in [0.29, 0.717) is 0 Å². The van der Waals surface area contributed by atoms with Gasteiger partial charge in [-0.05, 0) is 49.7 Å². The van der Waals surface area contributed by atoms with Crippen molar-refractivity contribution >= 4 is 0 Å². The molecule has 15 heavy (non-hydrogen) atoms. The monoisotopic (exact) mass is 206 g/mol. The van der Waals surface area contributed by atoms with Gasteiger partial charge in [0.05, 0.1) is 0 Å². The lowest BCUT2D eigenvalue weighted by molar-refractivity contribution is 0.484. The zero-order valence-corrected chi connectivity index (χ0v) is 10.5. The molecule has 0 spiro atoms. The lowest BCUT2D eigenvalue weighted by atomic mass is 9.86. The normalized spacial score (nSPS) is 21.2. The molecule has 86 valence electrons. The molecule has 0 heterocycles. The molecule has 0 aromatic carbocycles. The Balaban J connectivity index is 2.24. The summed E-state index contributed by atoms with van der Waals surface area (Å²) in [6.07, 6.45) is 14.5. The summed E-state index contributed by atoms with van der Waals surface area (Å²) in [5.74, 6) is 0.797. The van der Waals surface area contributed by atoms with Crippen LogP contribution in [0.3, 0.4) is 0 Å². The smallest absolute Gasteiger partial charge is 0.0156 e. The maximum Gasteiger partial charge on any atom is -0.0156 e. The highest BCUT2D eigenvalue weighted by atomic mass is 14.2. The van der Waals surface area contributed by atoms with Crippen LogP contribution in [0.15, 0.2) is 17.4 Å². The third kappa shape index (κ3) is 5.23. The average molecular weight is 206 g/mol. The number of allylic oxidation sites excluding steroid dienone is 1. The lowest BCUT2D eigenvalue weighted by Crippen LogP contribution is -2.04. The van der Waals surface area contributed by atoms with Crippen LogP contribution in [0.25, 0.3) is 0 Å². The summed E-state index contributed by atoms with van der Waals surface area (Å²) in [5.41, 5.74) is 5.12. The Morgan fingerprint density at radius 2 is 2.13 bits per heavy atom. The molecule has 0 aromatic rings. The average Bonchev–Trinajstić information content (AvgIpc) is 2.25. The minimum Gasteiger partial charge on any atom is -0.126 e. The van der Waals surface area contributed by atoms with Crippen molar-refractivity contribution in [2.24, 2.45) is 5.92 Å². The Bertz CT molecular complexity index is 218. The highest BCUT2D eigenvalue weighted by molar-refractivity contribution is 5.07. The van der Waals surface area contributed by atoms with Gasteiger partial charge in [-0.1, -0.05) is 39.5 Å². The molecule has 1 aliphatic carbocycles. The third-order valence-electron chi connectivity index (χ3n) is 3.42. The van der Waals surface area contributed by atoms with Crippen molar-refractivity contribution in [1.82, 2.24) is 0 Å². The van der Waals surface area contributed by atoms with E-state index in [1.807, 2.05) is 0 Å². The summed E-state index contributed by atoms with van der Waals surface area (Å²) in [6.45, 7) is 4.62. The van der Waals surface area contributed by atoms with E-state index in [-0.39, 0.29) is 0 Å². The van der Waals surface area contributed by atoms with E-state index in [1.165, 1.54) is 57.8 Å². The maximum atomic E-state index is 3.54. The summed E-state index contributed by atoms with van der Waals surface area (Å²) in [6, 6.07) is 0. The van der Waals surface area contributed by atoms with Gasteiger partial charge in [0.1, 0.15) is 0 Å². The molecule has 0 aliphatic heterocycles. The molecule has 0 radical (unpaired) electrons. The van der Waals surface area contributed by atoms with Crippen molar-refractivity contribution in [3.05, 3.63) is 17.4 Å². The molecule has 0 unspecified atom stereocenters. The number of rotatable bonds is 5. The fourth-order valence-electron chi connectivity index (χ4n) is 2.28. The fourth-order valence-corrected chi connectivity index (χ4v) is 2.28. The first-order valence-corrected chi connectivity index (χ1v) is 6.78. The van der Waals surface area contributed by atoms with Gasteiger partial charge in [-0.25, -0.2) is 0 Å². The zero-order valence-electron chi connectivity index (χ0n) is 10.5. The molecule has 0 nitrogen and oxygen atoms in total. The van der Waals surface area contributed by atoms with Gasteiger partial charge in [0.2, 0.25) is 0 Å². The van der Waals surface area contributed by atoms with Crippen molar-refractivity contribution in [3.8, 4) is 0 Å². The van der Waals surface area contributed by atoms with Crippen LogP contribution in [0, 0.1) is 5.92 Å². The molecule has 0 heteroatoms. The van der Waals surface area contributed by atoms with E-state index in [1.54, 1.807) is 5.57 Å². The Hall–Kier alpha value is -0.480. The van der Waals surface area contributed by atoms with Crippen molar-refractivity contribution < 1.29 is 0 Å². The van der Waals surface area contributed by atoms with Gasteiger partial charge in [-0.15, -0.1) is 5.73 Å². The van der Waals surface area contributed by atoms with Crippen molar-refractivity contribution in [1.29, 1.82) is 0 Å². The summed E-state index contributed by atoms with van der Waals surface area (Å²) in [5, 5.41) is 0. The molecule has 0 aromatic heterocycles. The van der Waals surface area contributed by atoms with E-state index in [9.17, 15) is 0 Å². The van der Waals surface area contributed by atoms with Gasteiger partial charge in [-0.3, -0.25) is 0 Å². The lowest BCUT2D eigenvalue weighted by Gasteiger charge is -2.19. The quantitative estimate of drug-likeness (QED) is 0.426. The summed E-state index contributed by atoms with van der Waals surface area (Å²) < 4.78 is 0. The SMILES string of the molecule is CCCCCCC=C=C1CCCC[C@@H]1C. The van der Waals surface area contributed by atoms with E-state index in [2.05, 4.69) is 25.7 Å². The highest BCUT2D eigenvalue weighted by Gasteiger charge is 2.12. The van der Waals surface area contributed by atoms with Crippen molar-refractivity contribution in [3.63, 3.8) is 0 Å². The van der Waals surface area contributed by atoms with Crippen LogP contribution >= 0.6 is 0 Å². The van der Waals surface area contributed by atoms with Crippen LogP contribution in [0.4, 0.5) is 0 Å². The van der Waals surface area contributed by atoms with Crippen LogP contribution < -0.4 is 0 Å². The molecule has 0 saturated heterocycles. The maximum absolute atomic E-state index is 3.54. The minimum atomic E-state index is 0.797. The second-order valence-electron chi connectivity index (χ2n) is 4.87. The van der Waals surface area contributed by atoms with Crippen molar-refractivity contribution in [2.75, 3.05) is 0 Å². The first-order chi connectivity index (χ1) is 7.34. The second kappa shape index (κ2) is 7.77. The Labute approximate surface area is 95.5 Å².